The Labute approximate surface area is 186 Å². The topological polar surface area (TPSA) is 52.7 Å². The summed E-state index contributed by atoms with van der Waals surface area (Å²) in [5, 5.41) is 0.445. The van der Waals surface area contributed by atoms with Gasteiger partial charge >= 0.3 is 0 Å². The Hall–Kier alpha value is -1.76. The van der Waals surface area contributed by atoms with Crippen LogP contribution >= 0.6 is 11.6 Å². The predicted molar refractivity (Wildman–Crippen MR) is 128 cm³/mol. The Bertz CT molecular complexity index is 970. The van der Waals surface area contributed by atoms with E-state index in [2.05, 4.69) is 27.5 Å². The highest BCUT2D eigenvalue weighted by Crippen LogP contribution is 2.40. The highest BCUT2D eigenvalue weighted by atomic mass is 35.5. The molecule has 0 aromatic heterocycles. The minimum Gasteiger partial charge on any atom is -0.369 e. The monoisotopic (exact) mass is 449 g/mol. The third-order valence-corrected chi connectivity index (χ3v) is 7.47. The molecule has 0 unspecified atom stereocenters. The van der Waals surface area contributed by atoms with Crippen molar-refractivity contribution in [1.29, 1.82) is 0 Å². The summed E-state index contributed by atoms with van der Waals surface area (Å²) in [6.45, 7) is 11.1. The van der Waals surface area contributed by atoms with Crippen molar-refractivity contribution in [2.75, 3.05) is 48.1 Å². The van der Waals surface area contributed by atoms with Gasteiger partial charge in [0.2, 0.25) is 10.0 Å². The van der Waals surface area contributed by atoms with Crippen molar-refractivity contribution in [2.45, 2.75) is 33.6 Å². The number of halogens is 1. The second kappa shape index (κ2) is 10.0. The van der Waals surface area contributed by atoms with Gasteiger partial charge in [-0.2, -0.15) is 0 Å². The van der Waals surface area contributed by atoms with E-state index in [0.29, 0.717) is 17.1 Å². The molecular weight excluding hydrogens is 418 g/mol. The quantitative estimate of drug-likeness (QED) is 0.616. The maximum atomic E-state index is 12.6. The van der Waals surface area contributed by atoms with Gasteiger partial charge in [-0.25, -0.2) is 8.42 Å². The van der Waals surface area contributed by atoms with E-state index in [1.54, 1.807) is 0 Å². The summed E-state index contributed by atoms with van der Waals surface area (Å²) in [5.41, 5.74) is 4.44. The molecule has 0 spiro atoms. The molecule has 1 N–H and O–H groups in total. The number of anilines is 2. The largest absolute Gasteiger partial charge is 0.369 e. The van der Waals surface area contributed by atoms with Crippen molar-refractivity contribution in [3.8, 4) is 11.1 Å². The molecule has 0 aliphatic carbocycles. The SMILES string of the molecule is CCCCS(=O)(=O)Nc1cc(N2CCN(CC)CC2)cc(-c2ccccc2C)c1Cl. The van der Waals surface area contributed by atoms with Gasteiger partial charge in [-0.1, -0.05) is 56.1 Å². The van der Waals surface area contributed by atoms with E-state index in [-0.39, 0.29) is 5.75 Å². The Morgan fingerprint density at radius 3 is 2.37 bits per heavy atom. The van der Waals surface area contributed by atoms with Crippen LogP contribution in [0.3, 0.4) is 0 Å². The number of benzene rings is 2. The third kappa shape index (κ3) is 5.48. The van der Waals surface area contributed by atoms with Crippen molar-refractivity contribution < 1.29 is 8.42 Å². The second-order valence-electron chi connectivity index (χ2n) is 7.87. The molecule has 7 heteroatoms. The summed E-state index contributed by atoms with van der Waals surface area (Å²) in [6.07, 6.45) is 1.45. The lowest BCUT2D eigenvalue weighted by molar-refractivity contribution is 0.271. The van der Waals surface area contributed by atoms with Gasteiger partial charge in [0.15, 0.2) is 0 Å². The number of sulfonamides is 1. The highest BCUT2D eigenvalue weighted by molar-refractivity contribution is 7.92. The third-order valence-electron chi connectivity index (χ3n) is 5.71. The van der Waals surface area contributed by atoms with Gasteiger partial charge in [0, 0.05) is 37.4 Å². The molecule has 0 radical (unpaired) electrons. The molecule has 2 aromatic rings. The van der Waals surface area contributed by atoms with Crippen molar-refractivity contribution in [3.05, 3.63) is 47.0 Å². The Morgan fingerprint density at radius 1 is 1.03 bits per heavy atom. The first-order chi connectivity index (χ1) is 14.3. The van der Waals surface area contributed by atoms with Gasteiger partial charge in [-0.3, -0.25) is 4.72 Å². The Balaban J connectivity index is 2.03. The molecule has 3 rings (SSSR count). The van der Waals surface area contributed by atoms with Crippen molar-refractivity contribution in [3.63, 3.8) is 0 Å². The zero-order valence-electron chi connectivity index (χ0n) is 18.1. The van der Waals surface area contributed by atoms with E-state index < -0.39 is 10.0 Å². The van der Waals surface area contributed by atoms with Gasteiger partial charge in [-0.15, -0.1) is 0 Å². The number of likely N-dealkylation sites (N-methyl/N-ethyl adjacent to an activating group) is 1. The van der Waals surface area contributed by atoms with Gasteiger partial charge < -0.3 is 9.80 Å². The fourth-order valence-electron chi connectivity index (χ4n) is 3.81. The summed E-state index contributed by atoms with van der Waals surface area (Å²) in [5.74, 6) is 0.0962. The Morgan fingerprint density at radius 2 is 1.73 bits per heavy atom. The van der Waals surface area contributed by atoms with Crippen molar-refractivity contribution >= 4 is 33.0 Å². The molecule has 1 aliphatic heterocycles. The van der Waals surface area contributed by atoms with Crippen LogP contribution in [0.25, 0.3) is 11.1 Å². The molecule has 0 atom stereocenters. The van der Waals surface area contributed by atoms with Crippen LogP contribution in [0.5, 0.6) is 0 Å². The lowest BCUT2D eigenvalue weighted by atomic mass is 9.99. The van der Waals surface area contributed by atoms with Gasteiger partial charge in [0.1, 0.15) is 0 Å². The van der Waals surface area contributed by atoms with Gasteiger partial charge in [0.05, 0.1) is 16.5 Å². The molecule has 0 saturated carbocycles. The molecule has 0 bridgehead atoms. The van der Waals surface area contributed by atoms with Crippen LogP contribution < -0.4 is 9.62 Å². The molecule has 5 nitrogen and oxygen atoms in total. The van der Waals surface area contributed by atoms with Crippen LogP contribution in [-0.4, -0.2) is 51.8 Å². The molecule has 2 aromatic carbocycles. The van der Waals surface area contributed by atoms with Crippen LogP contribution in [0.2, 0.25) is 5.02 Å². The van der Waals surface area contributed by atoms with Crippen molar-refractivity contribution in [2.24, 2.45) is 0 Å². The zero-order chi connectivity index (χ0) is 21.7. The van der Waals surface area contributed by atoms with Crippen LogP contribution in [0.15, 0.2) is 36.4 Å². The molecule has 1 aliphatic rings. The number of hydrogen-bond donors (Lipinski definition) is 1. The summed E-state index contributed by atoms with van der Waals surface area (Å²) in [6, 6.07) is 12.0. The van der Waals surface area contributed by atoms with E-state index in [1.807, 2.05) is 44.2 Å². The molecule has 1 heterocycles. The van der Waals surface area contributed by atoms with E-state index in [9.17, 15) is 8.42 Å². The maximum Gasteiger partial charge on any atom is 0.232 e. The smallest absolute Gasteiger partial charge is 0.232 e. The van der Waals surface area contributed by atoms with Gasteiger partial charge in [-0.05, 0) is 43.1 Å². The summed E-state index contributed by atoms with van der Waals surface area (Å²) in [7, 11) is -3.45. The minimum absolute atomic E-state index is 0.0962. The van der Waals surface area contributed by atoms with Crippen LogP contribution in [0.4, 0.5) is 11.4 Å². The molecule has 1 saturated heterocycles. The van der Waals surface area contributed by atoms with E-state index in [0.717, 1.165) is 61.5 Å². The molecular formula is C23H32ClN3O2S. The average Bonchev–Trinajstić information content (AvgIpc) is 2.74. The molecule has 0 amide bonds. The number of hydrogen-bond acceptors (Lipinski definition) is 4. The standard InChI is InChI=1S/C23H32ClN3O2S/c1-4-6-15-30(28,29)25-22-17-19(27-13-11-26(5-2)12-14-27)16-21(23(22)24)20-10-8-7-9-18(20)3/h7-10,16-17,25H,4-6,11-15H2,1-3H3. The predicted octanol–water partition coefficient (Wildman–Crippen LogP) is 5.00. The lowest BCUT2D eigenvalue weighted by Crippen LogP contribution is -2.46. The fourth-order valence-corrected chi connectivity index (χ4v) is 5.39. The summed E-state index contributed by atoms with van der Waals surface area (Å²) in [4.78, 5) is 4.73. The van der Waals surface area contributed by atoms with Crippen LogP contribution in [0.1, 0.15) is 32.3 Å². The lowest BCUT2D eigenvalue weighted by Gasteiger charge is -2.36. The fraction of sp³-hybridized carbons (Fsp3) is 0.478. The van der Waals surface area contributed by atoms with Crippen LogP contribution in [-0.2, 0) is 10.0 Å². The van der Waals surface area contributed by atoms with Crippen LogP contribution in [0, 0.1) is 6.92 Å². The highest BCUT2D eigenvalue weighted by Gasteiger charge is 2.21. The van der Waals surface area contributed by atoms with E-state index in [4.69, 9.17) is 11.6 Å². The zero-order valence-corrected chi connectivity index (χ0v) is 19.7. The number of nitrogens with one attached hydrogen (secondary N) is 1. The number of piperazine rings is 1. The first kappa shape index (κ1) is 22.9. The van der Waals surface area contributed by atoms with E-state index >= 15 is 0 Å². The average molecular weight is 450 g/mol. The molecule has 30 heavy (non-hydrogen) atoms. The number of rotatable bonds is 8. The second-order valence-corrected chi connectivity index (χ2v) is 10.1. The van der Waals surface area contributed by atoms with Crippen molar-refractivity contribution in [1.82, 2.24) is 4.90 Å². The first-order valence-corrected chi connectivity index (χ1v) is 12.7. The first-order valence-electron chi connectivity index (χ1n) is 10.7. The summed E-state index contributed by atoms with van der Waals surface area (Å²) < 4.78 is 28.0. The summed E-state index contributed by atoms with van der Waals surface area (Å²) >= 11 is 6.76. The Kier molecular flexibility index (Phi) is 7.66. The number of aryl methyl sites for hydroxylation is 1. The molecule has 1 fully saturated rings. The maximum absolute atomic E-state index is 12.6. The van der Waals surface area contributed by atoms with E-state index in [1.165, 1.54) is 0 Å². The van der Waals surface area contributed by atoms with Gasteiger partial charge in [0.25, 0.3) is 0 Å². The number of unbranched alkanes of at least 4 members (excludes halogenated alkanes) is 1. The minimum atomic E-state index is -3.45. The molecule has 164 valence electrons. The number of nitrogens with zero attached hydrogens (tertiary/aromatic N) is 2. The normalized spacial score (nSPS) is 15.4.